The summed E-state index contributed by atoms with van der Waals surface area (Å²) in [5.41, 5.74) is 0. The van der Waals surface area contributed by atoms with Crippen LogP contribution in [0.5, 0.6) is 0 Å². The van der Waals surface area contributed by atoms with Gasteiger partial charge in [0.2, 0.25) is 0 Å². The molecule has 98 valence electrons. The summed E-state index contributed by atoms with van der Waals surface area (Å²) in [5, 5.41) is 9.72. The topological polar surface area (TPSA) is 66.8 Å². The van der Waals surface area contributed by atoms with Crippen molar-refractivity contribution in [3.8, 4) is 0 Å². The van der Waals surface area contributed by atoms with Crippen molar-refractivity contribution in [3.63, 3.8) is 0 Å². The molecule has 0 spiro atoms. The lowest BCUT2D eigenvalue weighted by Crippen LogP contribution is -2.43. The molecule has 1 saturated heterocycles. The Kier molecular flexibility index (Phi) is 5.58. The lowest BCUT2D eigenvalue weighted by Gasteiger charge is -2.31. The molecule has 5 nitrogen and oxygen atoms in total. The van der Waals surface area contributed by atoms with Gasteiger partial charge in [0.25, 0.3) is 0 Å². The van der Waals surface area contributed by atoms with Crippen LogP contribution >= 0.6 is 0 Å². The molecule has 0 aromatic heterocycles. The van der Waals surface area contributed by atoms with E-state index in [2.05, 4.69) is 0 Å². The number of carbonyl (C=O) groups excluding carboxylic acids is 2. The minimum Gasteiger partial charge on any atom is -0.466 e. The largest absolute Gasteiger partial charge is 0.466 e. The number of β-amino-alcohol motifs (C(OH)–C–C–N with tert-alkyl or cyclic N) is 1. The SMILES string of the molecule is CCOC(=O)CC(O)CN1CCC(=O)C(C)C1. The molecule has 5 heteroatoms. The summed E-state index contributed by atoms with van der Waals surface area (Å²) in [6.45, 7) is 5.73. The number of hydrogen-bond acceptors (Lipinski definition) is 5. The standard InChI is InChI=1S/C12H21NO4/c1-3-17-12(16)6-10(14)8-13-5-4-11(15)9(2)7-13/h9-10,14H,3-8H2,1-2H3. The molecule has 1 N–H and O–H groups in total. The van der Waals surface area contributed by atoms with Gasteiger partial charge in [0, 0.05) is 32.0 Å². The second-order valence-electron chi connectivity index (χ2n) is 4.54. The summed E-state index contributed by atoms with van der Waals surface area (Å²) < 4.78 is 4.77. The smallest absolute Gasteiger partial charge is 0.308 e. The quantitative estimate of drug-likeness (QED) is 0.699. The van der Waals surface area contributed by atoms with Crippen LogP contribution in [0.25, 0.3) is 0 Å². The van der Waals surface area contributed by atoms with Crippen molar-refractivity contribution < 1.29 is 19.4 Å². The van der Waals surface area contributed by atoms with E-state index in [0.29, 0.717) is 32.7 Å². The van der Waals surface area contributed by atoms with E-state index >= 15 is 0 Å². The molecule has 0 saturated carbocycles. The number of rotatable bonds is 5. The molecule has 1 rings (SSSR count). The van der Waals surface area contributed by atoms with E-state index in [-0.39, 0.29) is 24.1 Å². The van der Waals surface area contributed by atoms with Gasteiger partial charge in [-0.15, -0.1) is 0 Å². The molecular weight excluding hydrogens is 222 g/mol. The van der Waals surface area contributed by atoms with Gasteiger partial charge in [0.1, 0.15) is 5.78 Å². The van der Waals surface area contributed by atoms with Crippen LogP contribution in [0.1, 0.15) is 26.7 Å². The average molecular weight is 243 g/mol. The van der Waals surface area contributed by atoms with Crippen LogP contribution in [-0.2, 0) is 14.3 Å². The van der Waals surface area contributed by atoms with Crippen molar-refractivity contribution >= 4 is 11.8 Å². The molecule has 1 aliphatic heterocycles. The number of esters is 1. The molecule has 1 heterocycles. The number of aliphatic hydroxyl groups is 1. The van der Waals surface area contributed by atoms with Gasteiger partial charge in [-0.1, -0.05) is 6.92 Å². The highest BCUT2D eigenvalue weighted by Crippen LogP contribution is 2.13. The highest BCUT2D eigenvalue weighted by atomic mass is 16.5. The predicted octanol–water partition coefficient (Wildman–Crippen LogP) is 0.211. The number of Topliss-reactive ketones (excluding diaryl/α,β-unsaturated/α-hetero) is 1. The molecule has 17 heavy (non-hydrogen) atoms. The molecule has 2 atom stereocenters. The Morgan fingerprint density at radius 3 is 2.94 bits per heavy atom. The molecule has 0 bridgehead atoms. The van der Waals surface area contributed by atoms with Crippen molar-refractivity contribution in [2.24, 2.45) is 5.92 Å². The highest BCUT2D eigenvalue weighted by Gasteiger charge is 2.25. The van der Waals surface area contributed by atoms with Crippen molar-refractivity contribution in [1.29, 1.82) is 0 Å². The Bertz CT molecular complexity index is 280. The molecular formula is C12H21NO4. The van der Waals surface area contributed by atoms with Crippen molar-refractivity contribution in [3.05, 3.63) is 0 Å². The fourth-order valence-corrected chi connectivity index (χ4v) is 2.04. The Morgan fingerprint density at radius 1 is 1.65 bits per heavy atom. The molecule has 0 aromatic rings. The first kappa shape index (κ1) is 14.1. The first-order valence-corrected chi connectivity index (χ1v) is 6.11. The third kappa shape index (κ3) is 4.83. The molecule has 1 fully saturated rings. The number of piperidine rings is 1. The van der Waals surface area contributed by atoms with Crippen LogP contribution in [0.3, 0.4) is 0 Å². The minimum absolute atomic E-state index is 0.0205. The predicted molar refractivity (Wildman–Crippen MR) is 62.5 cm³/mol. The lowest BCUT2D eigenvalue weighted by atomic mass is 9.98. The van der Waals surface area contributed by atoms with Crippen molar-refractivity contribution in [2.45, 2.75) is 32.8 Å². The first-order valence-electron chi connectivity index (χ1n) is 6.11. The zero-order valence-corrected chi connectivity index (χ0v) is 10.5. The van der Waals surface area contributed by atoms with Crippen LogP contribution < -0.4 is 0 Å². The van der Waals surface area contributed by atoms with Gasteiger partial charge < -0.3 is 9.84 Å². The van der Waals surface area contributed by atoms with E-state index in [0.717, 1.165) is 0 Å². The summed E-state index contributed by atoms with van der Waals surface area (Å²) >= 11 is 0. The molecule has 0 aliphatic carbocycles. The number of ether oxygens (including phenoxy) is 1. The van der Waals surface area contributed by atoms with Crippen LogP contribution in [0.2, 0.25) is 0 Å². The fourth-order valence-electron chi connectivity index (χ4n) is 2.04. The van der Waals surface area contributed by atoms with Gasteiger partial charge in [-0.25, -0.2) is 0 Å². The third-order valence-corrected chi connectivity index (χ3v) is 2.93. The second-order valence-corrected chi connectivity index (χ2v) is 4.54. The lowest BCUT2D eigenvalue weighted by molar-refractivity contribution is -0.145. The summed E-state index contributed by atoms with van der Waals surface area (Å²) in [7, 11) is 0. The average Bonchev–Trinajstić information content (AvgIpc) is 2.23. The van der Waals surface area contributed by atoms with E-state index < -0.39 is 6.10 Å². The molecule has 0 aromatic carbocycles. The third-order valence-electron chi connectivity index (χ3n) is 2.93. The maximum absolute atomic E-state index is 11.3. The number of aliphatic hydroxyl groups excluding tert-OH is 1. The van der Waals surface area contributed by atoms with Gasteiger partial charge in [-0.2, -0.15) is 0 Å². The highest BCUT2D eigenvalue weighted by molar-refractivity contribution is 5.81. The number of hydrogen-bond donors (Lipinski definition) is 1. The van der Waals surface area contributed by atoms with Gasteiger partial charge in [0.15, 0.2) is 0 Å². The van der Waals surface area contributed by atoms with E-state index in [1.54, 1.807) is 6.92 Å². The monoisotopic (exact) mass is 243 g/mol. The Balaban J connectivity index is 2.29. The van der Waals surface area contributed by atoms with E-state index in [1.807, 2.05) is 11.8 Å². The zero-order chi connectivity index (χ0) is 12.8. The van der Waals surface area contributed by atoms with E-state index in [1.165, 1.54) is 0 Å². The summed E-state index contributed by atoms with van der Waals surface area (Å²) in [6, 6.07) is 0. The number of ketones is 1. The number of carbonyl (C=O) groups is 2. The normalized spacial score (nSPS) is 23.5. The zero-order valence-electron chi connectivity index (χ0n) is 10.5. The number of nitrogens with zero attached hydrogens (tertiary/aromatic N) is 1. The number of likely N-dealkylation sites (tertiary alicyclic amines) is 1. The molecule has 2 unspecified atom stereocenters. The van der Waals surface area contributed by atoms with Crippen LogP contribution in [0.4, 0.5) is 0 Å². The minimum atomic E-state index is -0.713. The summed E-state index contributed by atoms with van der Waals surface area (Å²) in [6.07, 6.45) is -0.158. The molecule has 1 aliphatic rings. The Labute approximate surface area is 102 Å². The van der Waals surface area contributed by atoms with Crippen LogP contribution in [0, 0.1) is 5.92 Å². The van der Waals surface area contributed by atoms with Crippen LogP contribution in [0.15, 0.2) is 0 Å². The summed E-state index contributed by atoms with van der Waals surface area (Å²) in [4.78, 5) is 24.5. The second kappa shape index (κ2) is 6.71. The molecule has 0 radical (unpaired) electrons. The van der Waals surface area contributed by atoms with Gasteiger partial charge in [0.05, 0.1) is 19.1 Å². The van der Waals surface area contributed by atoms with Gasteiger partial charge >= 0.3 is 5.97 Å². The maximum Gasteiger partial charge on any atom is 0.308 e. The van der Waals surface area contributed by atoms with Crippen LogP contribution in [-0.4, -0.2) is 54.1 Å². The fraction of sp³-hybridized carbons (Fsp3) is 0.833. The van der Waals surface area contributed by atoms with Crippen molar-refractivity contribution in [2.75, 3.05) is 26.2 Å². The maximum atomic E-state index is 11.3. The van der Waals surface area contributed by atoms with E-state index in [9.17, 15) is 14.7 Å². The first-order chi connectivity index (χ1) is 8.02. The Morgan fingerprint density at radius 2 is 2.35 bits per heavy atom. The summed E-state index contributed by atoms with van der Waals surface area (Å²) in [5.74, 6) is -0.0687. The van der Waals surface area contributed by atoms with Gasteiger partial charge in [-0.05, 0) is 6.92 Å². The van der Waals surface area contributed by atoms with E-state index in [4.69, 9.17) is 4.74 Å². The van der Waals surface area contributed by atoms with Gasteiger partial charge in [-0.3, -0.25) is 14.5 Å². The molecule has 0 amide bonds. The Hall–Kier alpha value is -0.940. The van der Waals surface area contributed by atoms with Crippen molar-refractivity contribution in [1.82, 2.24) is 4.90 Å².